The van der Waals surface area contributed by atoms with E-state index in [0.29, 0.717) is 24.5 Å². The minimum atomic E-state index is -1.04. The van der Waals surface area contributed by atoms with Gasteiger partial charge in [-0.3, -0.25) is 4.79 Å². The SMILES string of the molecule is Cc1cc(C)cc(C(NC(=O)CCC2CCOC2)C(=O)O)c1. The standard InChI is InChI=1S/C17H23NO4/c1-11-7-12(2)9-14(8-11)16(17(20)21)18-15(19)4-3-13-5-6-22-10-13/h7-9,13,16H,3-6,10H2,1-2H3,(H,18,19)(H,20,21). The third-order valence-electron chi connectivity index (χ3n) is 3.93. The second-order valence-electron chi connectivity index (χ2n) is 6.03. The van der Waals surface area contributed by atoms with Crippen LogP contribution in [0.25, 0.3) is 0 Å². The summed E-state index contributed by atoms with van der Waals surface area (Å²) < 4.78 is 5.28. The summed E-state index contributed by atoms with van der Waals surface area (Å²) in [5.74, 6) is -0.851. The van der Waals surface area contributed by atoms with Gasteiger partial charge >= 0.3 is 5.97 Å². The number of carboxylic acid groups (broad SMARTS) is 1. The Bertz CT molecular complexity index is 529. The van der Waals surface area contributed by atoms with Crippen LogP contribution in [0.3, 0.4) is 0 Å². The van der Waals surface area contributed by atoms with Crippen molar-refractivity contribution in [2.24, 2.45) is 5.92 Å². The molecule has 2 rings (SSSR count). The quantitative estimate of drug-likeness (QED) is 0.846. The van der Waals surface area contributed by atoms with Crippen LogP contribution in [0.2, 0.25) is 0 Å². The zero-order valence-corrected chi connectivity index (χ0v) is 13.1. The van der Waals surface area contributed by atoms with Gasteiger partial charge in [0.2, 0.25) is 5.91 Å². The topological polar surface area (TPSA) is 75.6 Å². The molecule has 0 aliphatic carbocycles. The lowest BCUT2D eigenvalue weighted by atomic mass is 10.00. The number of carbonyl (C=O) groups excluding carboxylic acids is 1. The Labute approximate surface area is 130 Å². The first kappa shape index (κ1) is 16.5. The van der Waals surface area contributed by atoms with Gasteiger partial charge in [-0.2, -0.15) is 0 Å². The molecule has 1 heterocycles. The molecule has 0 saturated carbocycles. The Hall–Kier alpha value is -1.88. The fourth-order valence-electron chi connectivity index (χ4n) is 2.84. The second-order valence-corrected chi connectivity index (χ2v) is 6.03. The fraction of sp³-hybridized carbons (Fsp3) is 0.529. The summed E-state index contributed by atoms with van der Waals surface area (Å²) in [6.45, 7) is 5.29. The molecule has 2 atom stereocenters. The van der Waals surface area contributed by atoms with E-state index < -0.39 is 12.0 Å². The van der Waals surface area contributed by atoms with Crippen LogP contribution < -0.4 is 5.32 Å². The van der Waals surface area contributed by atoms with Gasteiger partial charge in [0.05, 0.1) is 0 Å². The van der Waals surface area contributed by atoms with E-state index in [0.717, 1.165) is 30.6 Å². The molecule has 5 heteroatoms. The Morgan fingerprint density at radius 2 is 2.00 bits per heavy atom. The Morgan fingerprint density at radius 3 is 2.55 bits per heavy atom. The molecule has 1 saturated heterocycles. The first-order valence-corrected chi connectivity index (χ1v) is 7.64. The predicted molar refractivity (Wildman–Crippen MR) is 82.6 cm³/mol. The molecular weight excluding hydrogens is 282 g/mol. The molecule has 0 radical (unpaired) electrons. The van der Waals surface area contributed by atoms with Gasteiger partial charge in [0.1, 0.15) is 0 Å². The number of carbonyl (C=O) groups is 2. The van der Waals surface area contributed by atoms with Gasteiger partial charge in [-0.1, -0.05) is 29.3 Å². The van der Waals surface area contributed by atoms with Gasteiger partial charge in [-0.05, 0) is 38.2 Å². The number of hydrogen-bond donors (Lipinski definition) is 2. The number of ether oxygens (including phenoxy) is 1. The van der Waals surface area contributed by atoms with Crippen LogP contribution in [0.1, 0.15) is 42.0 Å². The third kappa shape index (κ3) is 4.56. The van der Waals surface area contributed by atoms with Gasteiger partial charge in [-0.15, -0.1) is 0 Å². The molecule has 1 aromatic carbocycles. The highest BCUT2D eigenvalue weighted by Crippen LogP contribution is 2.20. The molecule has 2 N–H and O–H groups in total. The maximum atomic E-state index is 12.0. The Kier molecular flexibility index (Phi) is 5.55. The maximum Gasteiger partial charge on any atom is 0.330 e. The molecule has 0 aromatic heterocycles. The minimum Gasteiger partial charge on any atom is -0.479 e. The smallest absolute Gasteiger partial charge is 0.330 e. The van der Waals surface area contributed by atoms with E-state index in [-0.39, 0.29) is 5.91 Å². The lowest BCUT2D eigenvalue weighted by Crippen LogP contribution is -2.34. The molecule has 0 spiro atoms. The van der Waals surface area contributed by atoms with Crippen LogP contribution in [0.5, 0.6) is 0 Å². The molecule has 1 aromatic rings. The molecule has 1 aliphatic rings. The van der Waals surface area contributed by atoms with E-state index >= 15 is 0 Å². The van der Waals surface area contributed by atoms with Crippen LogP contribution in [0.15, 0.2) is 18.2 Å². The van der Waals surface area contributed by atoms with Crippen molar-refractivity contribution >= 4 is 11.9 Å². The van der Waals surface area contributed by atoms with Crippen molar-refractivity contribution in [3.8, 4) is 0 Å². The molecule has 120 valence electrons. The first-order chi connectivity index (χ1) is 10.5. The number of rotatable bonds is 6. The van der Waals surface area contributed by atoms with Crippen molar-refractivity contribution in [1.29, 1.82) is 0 Å². The number of benzene rings is 1. The highest BCUT2D eigenvalue weighted by Gasteiger charge is 2.23. The van der Waals surface area contributed by atoms with E-state index in [2.05, 4.69) is 5.32 Å². The van der Waals surface area contributed by atoms with Crippen LogP contribution >= 0.6 is 0 Å². The molecule has 1 fully saturated rings. The Balaban J connectivity index is 1.98. The lowest BCUT2D eigenvalue weighted by molar-refractivity contribution is -0.142. The second kappa shape index (κ2) is 7.40. The minimum absolute atomic E-state index is 0.224. The van der Waals surface area contributed by atoms with Crippen molar-refractivity contribution in [2.45, 2.75) is 39.2 Å². The van der Waals surface area contributed by atoms with E-state index in [9.17, 15) is 14.7 Å². The number of hydrogen-bond acceptors (Lipinski definition) is 3. The first-order valence-electron chi connectivity index (χ1n) is 7.64. The number of aliphatic carboxylic acids is 1. The van der Waals surface area contributed by atoms with Crippen LogP contribution in [0.4, 0.5) is 0 Å². The summed E-state index contributed by atoms with van der Waals surface area (Å²) in [6, 6.07) is 4.59. The highest BCUT2D eigenvalue weighted by atomic mass is 16.5. The zero-order chi connectivity index (χ0) is 16.1. The number of nitrogens with one attached hydrogen (secondary N) is 1. The molecule has 2 unspecified atom stereocenters. The third-order valence-corrected chi connectivity index (χ3v) is 3.93. The molecule has 22 heavy (non-hydrogen) atoms. The molecule has 5 nitrogen and oxygen atoms in total. The van der Waals surface area contributed by atoms with Gasteiger partial charge < -0.3 is 15.2 Å². The monoisotopic (exact) mass is 305 g/mol. The van der Waals surface area contributed by atoms with E-state index in [1.165, 1.54) is 0 Å². The number of carboxylic acids is 1. The van der Waals surface area contributed by atoms with Crippen LogP contribution in [-0.2, 0) is 14.3 Å². The van der Waals surface area contributed by atoms with E-state index in [1.54, 1.807) is 12.1 Å². The molecule has 1 amide bonds. The van der Waals surface area contributed by atoms with E-state index in [1.807, 2.05) is 19.9 Å². The number of aryl methyl sites for hydroxylation is 2. The molecule has 1 aliphatic heterocycles. The highest BCUT2D eigenvalue weighted by molar-refractivity contribution is 5.84. The normalized spacial score (nSPS) is 18.9. The average molecular weight is 305 g/mol. The van der Waals surface area contributed by atoms with Gasteiger partial charge in [0.15, 0.2) is 6.04 Å². The van der Waals surface area contributed by atoms with Crippen molar-refractivity contribution in [2.75, 3.05) is 13.2 Å². The van der Waals surface area contributed by atoms with Crippen molar-refractivity contribution in [3.05, 3.63) is 34.9 Å². The fourth-order valence-corrected chi connectivity index (χ4v) is 2.84. The van der Waals surface area contributed by atoms with Crippen LogP contribution in [0, 0.1) is 19.8 Å². The summed E-state index contributed by atoms with van der Waals surface area (Å²) in [5, 5.41) is 12.0. The van der Waals surface area contributed by atoms with E-state index in [4.69, 9.17) is 4.74 Å². The predicted octanol–water partition coefficient (Wildman–Crippen LogP) is 2.36. The maximum absolute atomic E-state index is 12.0. The summed E-state index contributed by atoms with van der Waals surface area (Å²) >= 11 is 0. The molecular formula is C17H23NO4. The van der Waals surface area contributed by atoms with Gasteiger partial charge in [0, 0.05) is 19.6 Å². The number of amides is 1. The van der Waals surface area contributed by atoms with Crippen molar-refractivity contribution < 1.29 is 19.4 Å². The summed E-state index contributed by atoms with van der Waals surface area (Å²) in [4.78, 5) is 23.5. The zero-order valence-electron chi connectivity index (χ0n) is 13.1. The van der Waals surface area contributed by atoms with Gasteiger partial charge in [0.25, 0.3) is 0 Å². The van der Waals surface area contributed by atoms with Crippen molar-refractivity contribution in [3.63, 3.8) is 0 Å². The lowest BCUT2D eigenvalue weighted by Gasteiger charge is -2.17. The van der Waals surface area contributed by atoms with Gasteiger partial charge in [-0.25, -0.2) is 4.79 Å². The molecule has 0 bridgehead atoms. The van der Waals surface area contributed by atoms with Crippen LogP contribution in [-0.4, -0.2) is 30.2 Å². The van der Waals surface area contributed by atoms with Crippen molar-refractivity contribution in [1.82, 2.24) is 5.32 Å². The Morgan fingerprint density at radius 1 is 1.32 bits per heavy atom. The largest absolute Gasteiger partial charge is 0.479 e. The average Bonchev–Trinajstić information content (AvgIpc) is 2.94. The summed E-state index contributed by atoms with van der Waals surface area (Å²) in [5.41, 5.74) is 2.58. The summed E-state index contributed by atoms with van der Waals surface area (Å²) in [6.07, 6.45) is 2.06. The summed E-state index contributed by atoms with van der Waals surface area (Å²) in [7, 11) is 0.